The van der Waals surface area contributed by atoms with Crippen molar-refractivity contribution in [3.63, 3.8) is 0 Å². The first-order valence-corrected chi connectivity index (χ1v) is 10.6. The second kappa shape index (κ2) is 8.53. The third-order valence-electron chi connectivity index (χ3n) is 5.80. The summed E-state index contributed by atoms with van der Waals surface area (Å²) >= 11 is 0. The fraction of sp³-hybridized carbons (Fsp3) is 0.292. The molecule has 4 aromatic rings. The number of halogens is 2. The zero-order chi connectivity index (χ0) is 22.1. The van der Waals surface area contributed by atoms with Gasteiger partial charge in [-0.15, -0.1) is 0 Å². The smallest absolute Gasteiger partial charge is 0.274 e. The lowest BCUT2D eigenvalue weighted by Crippen LogP contribution is -2.42. The van der Waals surface area contributed by atoms with Gasteiger partial charge in [0.15, 0.2) is 0 Å². The number of rotatable bonds is 5. The van der Waals surface area contributed by atoms with Crippen molar-refractivity contribution in [3.05, 3.63) is 66.6 Å². The van der Waals surface area contributed by atoms with Crippen LogP contribution in [0.3, 0.4) is 0 Å². The highest BCUT2D eigenvalue weighted by atomic mass is 19.3. The first-order chi connectivity index (χ1) is 15.6. The molecule has 1 fully saturated rings. The van der Waals surface area contributed by atoms with Gasteiger partial charge in [0, 0.05) is 37.5 Å². The maximum atomic E-state index is 12.9. The maximum absolute atomic E-state index is 12.9. The van der Waals surface area contributed by atoms with Crippen LogP contribution in [0.15, 0.2) is 60.9 Å². The Morgan fingerprint density at radius 2 is 1.84 bits per heavy atom. The highest BCUT2D eigenvalue weighted by Gasteiger charge is 2.26. The fourth-order valence-electron chi connectivity index (χ4n) is 4.18. The number of fused-ring (bicyclic) bond motifs is 2. The number of hydrogen-bond acceptors (Lipinski definition) is 4. The van der Waals surface area contributed by atoms with E-state index >= 15 is 0 Å². The molecule has 0 unspecified atom stereocenters. The largest absolute Gasteiger partial charge is 0.490 e. The lowest BCUT2D eigenvalue weighted by atomic mass is 10.1. The van der Waals surface area contributed by atoms with Gasteiger partial charge in [0.1, 0.15) is 17.5 Å². The zero-order valence-electron chi connectivity index (χ0n) is 17.3. The Morgan fingerprint density at radius 1 is 1.06 bits per heavy atom. The predicted octanol–water partition coefficient (Wildman–Crippen LogP) is 4.53. The summed E-state index contributed by atoms with van der Waals surface area (Å²) < 4.78 is 33.4. The number of piperidine rings is 1. The van der Waals surface area contributed by atoms with Crippen LogP contribution in [0, 0.1) is 0 Å². The number of benzene rings is 2. The molecule has 0 saturated carbocycles. The van der Waals surface area contributed by atoms with E-state index in [9.17, 15) is 13.6 Å². The molecule has 1 aliphatic rings. The number of aromatic nitrogens is 3. The molecule has 1 aliphatic heterocycles. The van der Waals surface area contributed by atoms with Crippen LogP contribution in [0.5, 0.6) is 5.75 Å². The Labute approximate surface area is 183 Å². The third kappa shape index (κ3) is 4.00. The van der Waals surface area contributed by atoms with Gasteiger partial charge in [0.2, 0.25) is 0 Å². The van der Waals surface area contributed by atoms with E-state index in [2.05, 4.69) is 9.97 Å². The molecule has 1 amide bonds. The minimum Gasteiger partial charge on any atom is -0.490 e. The van der Waals surface area contributed by atoms with Crippen molar-refractivity contribution in [2.24, 2.45) is 0 Å². The lowest BCUT2D eigenvalue weighted by Gasteiger charge is -2.32. The first-order valence-electron chi connectivity index (χ1n) is 10.6. The molecule has 3 heterocycles. The molecule has 0 spiro atoms. The summed E-state index contributed by atoms with van der Waals surface area (Å²) in [5.74, 6) is 0.550. The lowest BCUT2D eigenvalue weighted by molar-refractivity contribution is 0.0592. The van der Waals surface area contributed by atoms with Crippen molar-refractivity contribution < 1.29 is 18.3 Å². The van der Waals surface area contributed by atoms with Crippen LogP contribution in [-0.2, 0) is 6.54 Å². The molecule has 8 heteroatoms. The predicted molar refractivity (Wildman–Crippen MR) is 117 cm³/mol. The fourth-order valence-corrected chi connectivity index (χ4v) is 4.18. The van der Waals surface area contributed by atoms with Crippen LogP contribution in [0.1, 0.15) is 23.3 Å². The summed E-state index contributed by atoms with van der Waals surface area (Å²) in [6.45, 7) is 0.770. The van der Waals surface area contributed by atoms with Crippen molar-refractivity contribution in [3.8, 4) is 5.75 Å². The number of nitrogens with zero attached hydrogens (tertiary/aromatic N) is 4. The Bertz CT molecular complexity index is 1270. The van der Waals surface area contributed by atoms with Gasteiger partial charge in [-0.25, -0.2) is 13.8 Å². The van der Waals surface area contributed by atoms with Gasteiger partial charge in [0.25, 0.3) is 12.3 Å². The van der Waals surface area contributed by atoms with Crippen LogP contribution in [0.2, 0.25) is 0 Å². The molecule has 0 radical (unpaired) electrons. The Balaban J connectivity index is 1.25. The van der Waals surface area contributed by atoms with Gasteiger partial charge < -0.3 is 14.2 Å². The molecule has 0 atom stereocenters. The summed E-state index contributed by atoms with van der Waals surface area (Å²) in [5, 5.41) is 0.818. The molecular formula is C24H22F2N4O2. The van der Waals surface area contributed by atoms with E-state index in [0.717, 1.165) is 16.4 Å². The number of amides is 1. The third-order valence-corrected chi connectivity index (χ3v) is 5.80. The monoisotopic (exact) mass is 436 g/mol. The van der Waals surface area contributed by atoms with Crippen LogP contribution in [0.25, 0.3) is 21.9 Å². The van der Waals surface area contributed by atoms with Crippen LogP contribution in [0.4, 0.5) is 8.78 Å². The van der Waals surface area contributed by atoms with Crippen molar-refractivity contribution >= 4 is 27.8 Å². The van der Waals surface area contributed by atoms with Crippen molar-refractivity contribution in [2.45, 2.75) is 31.9 Å². The van der Waals surface area contributed by atoms with Gasteiger partial charge >= 0.3 is 0 Å². The molecule has 6 nitrogen and oxygen atoms in total. The number of ether oxygens (including phenoxy) is 1. The van der Waals surface area contributed by atoms with E-state index in [1.54, 1.807) is 15.7 Å². The van der Waals surface area contributed by atoms with Gasteiger partial charge in [-0.1, -0.05) is 18.2 Å². The molecular weight excluding hydrogens is 414 g/mol. The normalized spacial score (nSPS) is 15.0. The number of carbonyl (C=O) groups excluding carboxylic acids is 1. The molecule has 1 saturated heterocycles. The van der Waals surface area contributed by atoms with E-state index in [0.29, 0.717) is 42.9 Å². The first kappa shape index (κ1) is 20.4. The van der Waals surface area contributed by atoms with Gasteiger partial charge in [-0.2, -0.15) is 0 Å². The van der Waals surface area contributed by atoms with Crippen molar-refractivity contribution in [1.82, 2.24) is 19.4 Å². The quantitative estimate of drug-likeness (QED) is 0.461. The summed E-state index contributed by atoms with van der Waals surface area (Å²) in [7, 11) is 0. The summed E-state index contributed by atoms with van der Waals surface area (Å²) in [6.07, 6.45) is 2.09. The van der Waals surface area contributed by atoms with E-state index in [1.165, 1.54) is 6.20 Å². The summed E-state index contributed by atoms with van der Waals surface area (Å²) in [4.78, 5) is 23.5. The number of para-hydroxylation sites is 2. The number of carbonyl (C=O) groups is 1. The van der Waals surface area contributed by atoms with Gasteiger partial charge in [0.05, 0.1) is 29.3 Å². The minimum atomic E-state index is -2.41. The molecule has 2 aromatic heterocycles. The van der Waals surface area contributed by atoms with E-state index in [4.69, 9.17) is 4.74 Å². The zero-order valence-corrected chi connectivity index (χ0v) is 17.3. The number of alkyl halides is 2. The van der Waals surface area contributed by atoms with E-state index < -0.39 is 6.43 Å². The van der Waals surface area contributed by atoms with E-state index in [-0.39, 0.29) is 18.6 Å². The second-order valence-electron chi connectivity index (χ2n) is 7.90. The molecule has 2 aromatic carbocycles. The van der Waals surface area contributed by atoms with E-state index in [1.807, 2.05) is 48.5 Å². The maximum Gasteiger partial charge on any atom is 0.274 e. The molecule has 0 aliphatic carbocycles. The van der Waals surface area contributed by atoms with Crippen molar-refractivity contribution in [2.75, 3.05) is 13.1 Å². The Hall–Kier alpha value is -3.55. The van der Waals surface area contributed by atoms with Crippen molar-refractivity contribution in [1.29, 1.82) is 0 Å². The number of likely N-dealkylation sites (tertiary alicyclic amines) is 1. The minimum absolute atomic E-state index is 0.0502. The molecule has 32 heavy (non-hydrogen) atoms. The SMILES string of the molecule is O=C(c1cnc2ccccc2n1)N1CCC(Oc2cccc3c2ccn3CC(F)F)CC1. The Kier molecular flexibility index (Phi) is 5.43. The van der Waals surface area contributed by atoms with Crippen LogP contribution >= 0.6 is 0 Å². The van der Waals surface area contributed by atoms with Gasteiger partial charge in [-0.3, -0.25) is 9.78 Å². The highest BCUT2D eigenvalue weighted by Crippen LogP contribution is 2.29. The molecule has 5 rings (SSSR count). The van der Waals surface area contributed by atoms with Crippen LogP contribution in [-0.4, -0.2) is 51.0 Å². The summed E-state index contributed by atoms with van der Waals surface area (Å²) in [5.41, 5.74) is 2.52. The average molecular weight is 436 g/mol. The molecule has 0 N–H and O–H groups in total. The van der Waals surface area contributed by atoms with Gasteiger partial charge in [-0.05, 0) is 30.3 Å². The van der Waals surface area contributed by atoms with Crippen LogP contribution < -0.4 is 4.74 Å². The second-order valence-corrected chi connectivity index (χ2v) is 7.90. The average Bonchev–Trinajstić information content (AvgIpc) is 3.22. The standard InChI is InChI=1S/C24H22F2N4O2/c25-23(26)15-30-13-10-17-21(30)6-3-7-22(17)32-16-8-11-29(12-9-16)24(31)20-14-27-18-4-1-2-5-19(18)28-20/h1-7,10,13-14,16,23H,8-9,11-12,15H2. The molecule has 164 valence electrons. The summed E-state index contributed by atoms with van der Waals surface area (Å²) in [6, 6.07) is 14.8. The Morgan fingerprint density at radius 3 is 2.62 bits per heavy atom. The topological polar surface area (TPSA) is 60.3 Å². The molecule has 0 bridgehead atoms. The number of hydrogen-bond donors (Lipinski definition) is 0. The highest BCUT2D eigenvalue weighted by molar-refractivity contribution is 5.93.